The Morgan fingerprint density at radius 3 is 0.595 bits per heavy atom. The van der Waals surface area contributed by atoms with Crippen LogP contribution in [0.1, 0.15) is 0 Å². The van der Waals surface area contributed by atoms with E-state index in [4.69, 9.17) is 0 Å². The van der Waals surface area contributed by atoms with Gasteiger partial charge in [0.2, 0.25) is 0 Å². The van der Waals surface area contributed by atoms with Crippen molar-refractivity contribution < 1.29 is 0 Å². The molecule has 0 unspecified atom stereocenters. The maximum Gasteiger partial charge on any atom is 0.257 e. The molecule has 366 valence electrons. The first kappa shape index (κ1) is 42.7. The maximum atomic E-state index is 2.58. The minimum atomic E-state index is -0.147. The molecular formula is C72H45BN6. The molecule has 6 nitrogen and oxygen atoms in total. The van der Waals surface area contributed by atoms with Gasteiger partial charge in [-0.05, 0) is 126 Å². The van der Waals surface area contributed by atoms with Gasteiger partial charge in [0.15, 0.2) is 0 Å². The van der Waals surface area contributed by atoms with Crippen LogP contribution in [0.3, 0.4) is 0 Å². The van der Waals surface area contributed by atoms with E-state index in [2.05, 4.69) is 301 Å². The Morgan fingerprint density at radius 2 is 0.380 bits per heavy atom. The first-order chi connectivity index (χ1) is 39.2. The van der Waals surface area contributed by atoms with Crippen LogP contribution in [0.5, 0.6) is 0 Å². The van der Waals surface area contributed by atoms with Gasteiger partial charge in [0.25, 0.3) is 6.71 Å². The first-order valence-electron chi connectivity index (χ1n) is 27.3. The quantitative estimate of drug-likeness (QED) is 0.155. The highest BCUT2D eigenvalue weighted by Gasteiger charge is 2.50. The monoisotopic (exact) mass is 1000 g/mol. The molecule has 3 aliphatic heterocycles. The average molecular weight is 1010 g/mol. The van der Waals surface area contributed by atoms with Crippen molar-refractivity contribution in [3.05, 3.63) is 273 Å². The van der Waals surface area contributed by atoms with Crippen molar-refractivity contribution >= 4 is 140 Å². The maximum absolute atomic E-state index is 2.58. The van der Waals surface area contributed by atoms with Crippen molar-refractivity contribution in [3.8, 4) is 17.1 Å². The number of anilines is 9. The molecule has 7 heteroatoms. The molecule has 18 rings (SSSR count). The van der Waals surface area contributed by atoms with E-state index in [0.717, 1.165) is 68.2 Å². The Balaban J connectivity index is 1.05. The first-order valence-corrected chi connectivity index (χ1v) is 27.3. The van der Waals surface area contributed by atoms with Gasteiger partial charge in [-0.15, -0.1) is 0 Å². The number of hydrogen-bond acceptors (Lipinski definition) is 3. The molecule has 15 aromatic rings. The Labute approximate surface area is 455 Å². The van der Waals surface area contributed by atoms with Gasteiger partial charge < -0.3 is 28.4 Å². The van der Waals surface area contributed by atoms with Crippen molar-refractivity contribution in [2.24, 2.45) is 0 Å². The lowest BCUT2D eigenvalue weighted by atomic mass is 9.31. The van der Waals surface area contributed by atoms with Crippen molar-refractivity contribution in [1.82, 2.24) is 13.7 Å². The summed E-state index contributed by atoms with van der Waals surface area (Å²) >= 11 is 0. The highest BCUT2D eigenvalue weighted by atomic mass is 15.2. The highest BCUT2D eigenvalue weighted by Crippen LogP contribution is 2.53. The molecule has 3 aliphatic rings. The number of nitrogens with zero attached hydrogens (tertiary/aromatic N) is 6. The third kappa shape index (κ3) is 5.80. The Bertz CT molecular complexity index is 4310. The second-order valence-electron chi connectivity index (χ2n) is 21.2. The zero-order valence-electron chi connectivity index (χ0n) is 42.7. The standard InChI is InChI=1S/C72H45BN6/c1-4-22-46(23-5-1)74-64-40-49(77-58-34-16-10-28-52(58)53-29-11-17-35-59(53)77)42-66-70(64)73-71-65(74)41-50(78-60-36-18-12-30-54(60)55-31-13-19-37-61(55)78)43-67(71)76(48-26-8-3-9-27-48)69-45-51(44-68(72(69)73)75(66)47-24-6-2-7-25-47)79-62-38-20-14-32-56(62)57-33-15-21-39-63(57)79/h1-45H. The van der Waals surface area contributed by atoms with Crippen LogP contribution in [0.2, 0.25) is 0 Å². The molecular weight excluding hydrogens is 960 g/mol. The van der Waals surface area contributed by atoms with Crippen LogP contribution in [0.25, 0.3) is 82.5 Å². The van der Waals surface area contributed by atoms with E-state index in [1.54, 1.807) is 0 Å². The molecule has 0 radical (unpaired) electrons. The summed E-state index contributed by atoms with van der Waals surface area (Å²) in [5.74, 6) is 0. The van der Waals surface area contributed by atoms with Crippen LogP contribution in [0.15, 0.2) is 273 Å². The van der Waals surface area contributed by atoms with Gasteiger partial charge in [-0.1, -0.05) is 164 Å². The van der Waals surface area contributed by atoms with Crippen LogP contribution in [0.4, 0.5) is 51.2 Å². The molecule has 3 aromatic heterocycles. The van der Waals surface area contributed by atoms with E-state index in [1.165, 1.54) is 81.8 Å². The van der Waals surface area contributed by atoms with Crippen LogP contribution >= 0.6 is 0 Å². The van der Waals surface area contributed by atoms with Gasteiger partial charge in [0.05, 0.1) is 50.2 Å². The highest BCUT2D eigenvalue weighted by molar-refractivity contribution is 7.02. The van der Waals surface area contributed by atoms with E-state index >= 15 is 0 Å². The molecule has 0 spiro atoms. The summed E-state index contributed by atoms with van der Waals surface area (Å²) in [6.07, 6.45) is 0. The number of aromatic nitrogens is 3. The fourth-order valence-corrected chi connectivity index (χ4v) is 14.2. The fourth-order valence-electron chi connectivity index (χ4n) is 14.2. The summed E-state index contributed by atoms with van der Waals surface area (Å²) in [5, 5.41) is 7.38. The molecule has 0 atom stereocenters. The smallest absolute Gasteiger partial charge is 0.257 e. The van der Waals surface area contributed by atoms with Gasteiger partial charge in [0, 0.05) is 83.5 Å². The molecule has 0 N–H and O–H groups in total. The molecule has 0 fully saturated rings. The van der Waals surface area contributed by atoms with Gasteiger partial charge >= 0.3 is 0 Å². The zero-order valence-corrected chi connectivity index (χ0v) is 42.7. The second kappa shape index (κ2) is 16.0. The molecule has 0 saturated carbocycles. The molecule has 0 saturated heterocycles. The molecule has 12 aromatic carbocycles. The molecule has 6 heterocycles. The number of benzene rings is 12. The number of hydrogen-bond donors (Lipinski definition) is 0. The summed E-state index contributed by atoms with van der Waals surface area (Å²) in [5.41, 5.74) is 24.4. The summed E-state index contributed by atoms with van der Waals surface area (Å²) < 4.78 is 7.49. The summed E-state index contributed by atoms with van der Waals surface area (Å²) in [4.78, 5) is 7.74. The molecule has 0 aliphatic carbocycles. The van der Waals surface area contributed by atoms with Crippen LogP contribution in [-0.4, -0.2) is 20.4 Å². The van der Waals surface area contributed by atoms with Crippen molar-refractivity contribution in [2.45, 2.75) is 0 Å². The Hall–Kier alpha value is -10.5. The summed E-state index contributed by atoms with van der Waals surface area (Å²) in [6, 6.07) is 102. The van der Waals surface area contributed by atoms with Crippen LogP contribution in [-0.2, 0) is 0 Å². The number of para-hydroxylation sites is 9. The van der Waals surface area contributed by atoms with Gasteiger partial charge in [-0.2, -0.15) is 0 Å². The molecule has 0 bridgehead atoms. The zero-order chi connectivity index (χ0) is 51.4. The van der Waals surface area contributed by atoms with Gasteiger partial charge in [0.1, 0.15) is 0 Å². The Morgan fingerprint density at radius 1 is 0.190 bits per heavy atom. The van der Waals surface area contributed by atoms with Gasteiger partial charge in [-0.25, -0.2) is 0 Å². The Kier molecular flexibility index (Phi) is 8.66. The number of fused-ring (bicyclic) bond motifs is 9. The van der Waals surface area contributed by atoms with Gasteiger partial charge in [-0.3, -0.25) is 0 Å². The van der Waals surface area contributed by atoms with E-state index in [9.17, 15) is 0 Å². The molecule has 79 heavy (non-hydrogen) atoms. The minimum absolute atomic E-state index is 0.147. The minimum Gasteiger partial charge on any atom is -0.311 e. The third-order valence-corrected chi connectivity index (χ3v) is 17.2. The average Bonchev–Trinajstić information content (AvgIpc) is 3.98. The summed E-state index contributed by atoms with van der Waals surface area (Å²) in [7, 11) is 0. The predicted molar refractivity (Wildman–Crippen MR) is 332 cm³/mol. The third-order valence-electron chi connectivity index (χ3n) is 17.2. The lowest BCUT2D eigenvalue weighted by Gasteiger charge is -2.49. The SMILES string of the molecule is c1ccc(N2c3cc(-n4c5ccccc5c5ccccc54)cc4c3B3c5c2cc(-n2c6ccccc6c6ccccc62)cc5N(c2ccccc2)c2cc(-n5c6ccccc6c6ccccc65)cc(c23)N4c2ccccc2)cc1. The lowest BCUT2D eigenvalue weighted by Crippen LogP contribution is -2.65. The fraction of sp³-hybridized carbons (Fsp3) is 0. The predicted octanol–water partition coefficient (Wildman–Crippen LogP) is 16.8. The normalized spacial score (nSPS) is 13.2. The van der Waals surface area contributed by atoms with Crippen LogP contribution in [0, 0.1) is 0 Å². The largest absolute Gasteiger partial charge is 0.311 e. The van der Waals surface area contributed by atoms with Crippen molar-refractivity contribution in [1.29, 1.82) is 0 Å². The van der Waals surface area contributed by atoms with E-state index in [0.29, 0.717) is 0 Å². The van der Waals surface area contributed by atoms with Crippen molar-refractivity contribution in [2.75, 3.05) is 14.7 Å². The van der Waals surface area contributed by atoms with E-state index in [-0.39, 0.29) is 6.71 Å². The number of rotatable bonds is 6. The summed E-state index contributed by atoms with van der Waals surface area (Å²) in [6.45, 7) is -0.147. The topological polar surface area (TPSA) is 24.5 Å². The lowest BCUT2D eigenvalue weighted by molar-refractivity contribution is 1.13. The molecule has 0 amide bonds. The second-order valence-corrected chi connectivity index (χ2v) is 21.2. The van der Waals surface area contributed by atoms with E-state index < -0.39 is 0 Å². The van der Waals surface area contributed by atoms with Crippen LogP contribution < -0.4 is 31.1 Å². The van der Waals surface area contributed by atoms with Crippen molar-refractivity contribution in [3.63, 3.8) is 0 Å². The van der Waals surface area contributed by atoms with E-state index in [1.807, 2.05) is 0 Å².